The predicted molar refractivity (Wildman–Crippen MR) is 117 cm³/mol. The molecule has 1 aromatic heterocycles. The first kappa shape index (κ1) is 20.1. The number of aromatic nitrogens is 2. The summed E-state index contributed by atoms with van der Waals surface area (Å²) in [5.74, 6) is -0.770. The van der Waals surface area contributed by atoms with E-state index in [0.29, 0.717) is 17.8 Å². The van der Waals surface area contributed by atoms with Crippen molar-refractivity contribution in [3.8, 4) is 0 Å². The van der Waals surface area contributed by atoms with E-state index in [4.69, 9.17) is 0 Å². The lowest BCUT2D eigenvalue weighted by Crippen LogP contribution is -2.52. The highest BCUT2D eigenvalue weighted by Crippen LogP contribution is 2.24. The lowest BCUT2D eigenvalue weighted by molar-refractivity contribution is -0.136. The number of fused-ring (bicyclic) bond motifs is 1. The number of piperazine rings is 1. The number of hydrogen-bond donors (Lipinski definition) is 2. The summed E-state index contributed by atoms with van der Waals surface area (Å²) >= 11 is 0. The average Bonchev–Trinajstić information content (AvgIpc) is 2.80. The van der Waals surface area contributed by atoms with Crippen molar-refractivity contribution in [1.29, 1.82) is 0 Å². The van der Waals surface area contributed by atoms with Crippen LogP contribution in [0.15, 0.2) is 29.2 Å². The molecule has 5 rings (SSSR count). The molecule has 0 saturated carbocycles. The standard InChI is InChI=1S/C22H28N6O3/c29-20-4-3-19(21(30)25-20)28-22(31)18-2-1-17(13-15(18)14-24-28)27-11-9-26(10-12-27)16-5-7-23-8-6-16/h1-2,13-14,16,19,23H,3-12H2,(H,25,29,30). The Bertz CT molecular complexity index is 1050. The molecule has 4 heterocycles. The van der Waals surface area contributed by atoms with E-state index in [9.17, 15) is 14.4 Å². The molecule has 31 heavy (non-hydrogen) atoms. The van der Waals surface area contributed by atoms with E-state index in [0.717, 1.165) is 50.3 Å². The molecule has 2 N–H and O–H groups in total. The summed E-state index contributed by atoms with van der Waals surface area (Å²) in [4.78, 5) is 41.5. The van der Waals surface area contributed by atoms with Gasteiger partial charge in [-0.15, -0.1) is 0 Å². The van der Waals surface area contributed by atoms with Crippen molar-refractivity contribution in [1.82, 2.24) is 25.3 Å². The Morgan fingerprint density at radius 2 is 1.74 bits per heavy atom. The van der Waals surface area contributed by atoms with Gasteiger partial charge >= 0.3 is 0 Å². The summed E-state index contributed by atoms with van der Waals surface area (Å²) in [5, 5.41) is 11.3. The second-order valence-electron chi connectivity index (χ2n) is 8.64. The number of imide groups is 1. The number of nitrogens with zero attached hydrogens (tertiary/aromatic N) is 4. The molecule has 3 saturated heterocycles. The fraction of sp³-hybridized carbons (Fsp3) is 0.545. The number of amides is 2. The minimum atomic E-state index is -0.739. The smallest absolute Gasteiger partial charge is 0.275 e. The third kappa shape index (κ3) is 3.95. The summed E-state index contributed by atoms with van der Waals surface area (Å²) in [6.07, 6.45) is 4.60. The topological polar surface area (TPSA) is 99.6 Å². The van der Waals surface area contributed by atoms with Gasteiger partial charge in [0, 0.05) is 49.7 Å². The van der Waals surface area contributed by atoms with Crippen LogP contribution in [-0.2, 0) is 9.59 Å². The average molecular weight is 425 g/mol. The van der Waals surface area contributed by atoms with Crippen molar-refractivity contribution in [3.63, 3.8) is 0 Å². The van der Waals surface area contributed by atoms with Gasteiger partial charge in [-0.25, -0.2) is 4.68 Å². The number of rotatable bonds is 3. The minimum Gasteiger partial charge on any atom is -0.369 e. The quantitative estimate of drug-likeness (QED) is 0.682. The van der Waals surface area contributed by atoms with Crippen molar-refractivity contribution in [2.24, 2.45) is 0 Å². The molecule has 9 heteroatoms. The normalized spacial score (nSPS) is 23.9. The van der Waals surface area contributed by atoms with Crippen LogP contribution in [0.1, 0.15) is 31.7 Å². The van der Waals surface area contributed by atoms with Crippen LogP contribution in [0.3, 0.4) is 0 Å². The molecular formula is C22H28N6O3. The molecule has 9 nitrogen and oxygen atoms in total. The van der Waals surface area contributed by atoms with Crippen LogP contribution >= 0.6 is 0 Å². The number of piperidine rings is 2. The van der Waals surface area contributed by atoms with E-state index in [2.05, 4.69) is 25.5 Å². The summed E-state index contributed by atoms with van der Waals surface area (Å²) in [6.45, 7) is 6.26. The van der Waals surface area contributed by atoms with Gasteiger partial charge in [0.2, 0.25) is 5.91 Å². The van der Waals surface area contributed by atoms with Crippen molar-refractivity contribution in [2.45, 2.75) is 37.8 Å². The molecule has 3 aliphatic heterocycles. The Hall–Kier alpha value is -2.78. The van der Waals surface area contributed by atoms with Crippen LogP contribution in [-0.4, -0.2) is 71.8 Å². The van der Waals surface area contributed by atoms with Crippen molar-refractivity contribution >= 4 is 28.3 Å². The molecule has 2 aromatic rings. The lowest BCUT2D eigenvalue weighted by Gasteiger charge is -2.41. The highest BCUT2D eigenvalue weighted by Gasteiger charge is 2.30. The molecule has 0 bridgehead atoms. The van der Waals surface area contributed by atoms with Crippen molar-refractivity contribution < 1.29 is 9.59 Å². The number of benzene rings is 1. The number of nitrogens with one attached hydrogen (secondary N) is 2. The maximum atomic E-state index is 13.0. The molecule has 0 spiro atoms. The monoisotopic (exact) mass is 424 g/mol. The molecule has 0 aliphatic carbocycles. The SMILES string of the molecule is O=C1CCC(n2ncc3cc(N4CCN(C5CCNCC5)CC4)ccc3c2=O)C(=O)N1. The Morgan fingerprint density at radius 1 is 0.968 bits per heavy atom. The first-order valence-corrected chi connectivity index (χ1v) is 11.1. The summed E-state index contributed by atoms with van der Waals surface area (Å²) < 4.78 is 1.21. The van der Waals surface area contributed by atoms with E-state index in [1.165, 1.54) is 17.5 Å². The highest BCUT2D eigenvalue weighted by molar-refractivity contribution is 5.99. The van der Waals surface area contributed by atoms with Crippen molar-refractivity contribution in [3.05, 3.63) is 34.7 Å². The summed E-state index contributed by atoms with van der Waals surface area (Å²) in [5.41, 5.74) is 0.798. The van der Waals surface area contributed by atoms with Gasteiger partial charge in [-0.3, -0.25) is 24.6 Å². The van der Waals surface area contributed by atoms with Gasteiger partial charge in [0.15, 0.2) is 0 Å². The summed E-state index contributed by atoms with van der Waals surface area (Å²) in [7, 11) is 0. The third-order valence-corrected chi connectivity index (χ3v) is 6.80. The van der Waals surface area contributed by atoms with E-state index >= 15 is 0 Å². The number of carbonyl (C=O) groups excluding carboxylic acids is 2. The van der Waals surface area contributed by atoms with E-state index in [-0.39, 0.29) is 17.9 Å². The number of anilines is 1. The first-order chi connectivity index (χ1) is 15.1. The van der Waals surface area contributed by atoms with Gasteiger partial charge in [-0.05, 0) is 50.6 Å². The lowest BCUT2D eigenvalue weighted by atomic mass is 10.0. The highest BCUT2D eigenvalue weighted by atomic mass is 16.2. The second-order valence-corrected chi connectivity index (χ2v) is 8.64. The van der Waals surface area contributed by atoms with Crippen LogP contribution in [0.2, 0.25) is 0 Å². The van der Waals surface area contributed by atoms with Crippen LogP contribution in [0.4, 0.5) is 5.69 Å². The van der Waals surface area contributed by atoms with Gasteiger partial charge in [-0.2, -0.15) is 5.10 Å². The molecule has 0 radical (unpaired) electrons. The zero-order valence-corrected chi connectivity index (χ0v) is 17.5. The third-order valence-electron chi connectivity index (χ3n) is 6.80. The molecule has 2 amide bonds. The second kappa shape index (κ2) is 8.39. The Balaban J connectivity index is 1.32. The van der Waals surface area contributed by atoms with E-state index < -0.39 is 11.9 Å². The number of carbonyl (C=O) groups is 2. The van der Waals surface area contributed by atoms with Gasteiger partial charge in [0.05, 0.1) is 11.6 Å². The molecular weight excluding hydrogens is 396 g/mol. The van der Waals surface area contributed by atoms with Gasteiger partial charge in [0.25, 0.3) is 11.5 Å². The molecule has 1 aromatic carbocycles. The Kier molecular flexibility index (Phi) is 5.45. The fourth-order valence-corrected chi connectivity index (χ4v) is 5.00. The molecule has 1 unspecified atom stereocenters. The number of hydrogen-bond acceptors (Lipinski definition) is 7. The van der Waals surface area contributed by atoms with Gasteiger partial charge < -0.3 is 10.2 Å². The maximum Gasteiger partial charge on any atom is 0.275 e. The molecule has 1 atom stereocenters. The Morgan fingerprint density at radius 3 is 2.48 bits per heavy atom. The zero-order valence-electron chi connectivity index (χ0n) is 17.5. The predicted octanol–water partition coefficient (Wildman–Crippen LogP) is 0.248. The van der Waals surface area contributed by atoms with E-state index in [1.54, 1.807) is 6.20 Å². The van der Waals surface area contributed by atoms with Crippen LogP contribution in [0, 0.1) is 0 Å². The largest absolute Gasteiger partial charge is 0.369 e. The van der Waals surface area contributed by atoms with Crippen molar-refractivity contribution in [2.75, 3.05) is 44.2 Å². The van der Waals surface area contributed by atoms with Gasteiger partial charge in [-0.1, -0.05) is 0 Å². The first-order valence-electron chi connectivity index (χ1n) is 11.1. The van der Waals surface area contributed by atoms with Gasteiger partial charge in [0.1, 0.15) is 6.04 Å². The zero-order chi connectivity index (χ0) is 21.4. The molecule has 164 valence electrons. The maximum absolute atomic E-state index is 13.0. The van der Waals surface area contributed by atoms with Crippen LogP contribution in [0.5, 0.6) is 0 Å². The summed E-state index contributed by atoms with van der Waals surface area (Å²) in [6, 6.07) is 5.78. The fourth-order valence-electron chi connectivity index (χ4n) is 5.00. The van der Waals surface area contributed by atoms with E-state index in [1.807, 2.05) is 18.2 Å². The molecule has 3 aliphatic rings. The minimum absolute atomic E-state index is 0.213. The van der Waals surface area contributed by atoms with Crippen LogP contribution in [0.25, 0.3) is 10.8 Å². The Labute approximate surface area is 180 Å². The molecule has 3 fully saturated rings. The van der Waals surface area contributed by atoms with Crippen LogP contribution < -0.4 is 21.1 Å².